The van der Waals surface area contributed by atoms with Crippen molar-refractivity contribution in [1.82, 2.24) is 9.80 Å². The van der Waals surface area contributed by atoms with E-state index in [0.29, 0.717) is 30.2 Å². The van der Waals surface area contributed by atoms with Gasteiger partial charge in [-0.2, -0.15) is 0 Å². The maximum atomic E-state index is 14.2. The van der Waals surface area contributed by atoms with Gasteiger partial charge in [-0.3, -0.25) is 14.4 Å². The lowest BCUT2D eigenvalue weighted by molar-refractivity contribution is -0.144. The molecule has 2 aromatic rings. The van der Waals surface area contributed by atoms with Gasteiger partial charge in [0.15, 0.2) is 0 Å². The molecule has 2 aromatic carbocycles. The maximum absolute atomic E-state index is 14.2. The summed E-state index contributed by atoms with van der Waals surface area (Å²) in [6.45, 7) is 1.17. The van der Waals surface area contributed by atoms with E-state index in [2.05, 4.69) is 0 Å². The van der Waals surface area contributed by atoms with Crippen LogP contribution in [-0.4, -0.2) is 76.6 Å². The van der Waals surface area contributed by atoms with E-state index in [9.17, 15) is 19.5 Å². The Morgan fingerprint density at radius 1 is 0.949 bits per heavy atom. The first-order valence-electron chi connectivity index (χ1n) is 13.3. The SMILES string of the molecule is O=C1[C@@H]2[C@H]3C(=O)N(CCCO)C4C(=O)N(c5ccc(Cl)cc5)CC=C[C@@]43O[C@@H]2C=CCN1Cc1ccccc1. The third-order valence-corrected chi connectivity index (χ3v) is 8.41. The van der Waals surface area contributed by atoms with E-state index in [1.54, 1.807) is 34.1 Å². The number of fused-ring (bicyclic) bond motifs is 2. The molecule has 2 saturated heterocycles. The first-order chi connectivity index (χ1) is 18.9. The number of rotatable bonds is 6. The summed E-state index contributed by atoms with van der Waals surface area (Å²) in [6.07, 6.45) is 7.13. The van der Waals surface area contributed by atoms with Crippen LogP contribution in [0, 0.1) is 11.8 Å². The van der Waals surface area contributed by atoms with Crippen molar-refractivity contribution in [1.29, 1.82) is 0 Å². The Morgan fingerprint density at radius 3 is 2.46 bits per heavy atom. The van der Waals surface area contributed by atoms with Crippen LogP contribution >= 0.6 is 11.6 Å². The summed E-state index contributed by atoms with van der Waals surface area (Å²) in [7, 11) is 0. The Balaban J connectivity index is 1.39. The summed E-state index contributed by atoms with van der Waals surface area (Å²) in [5.74, 6) is -2.36. The van der Waals surface area contributed by atoms with Crippen molar-refractivity contribution >= 4 is 35.0 Å². The van der Waals surface area contributed by atoms with E-state index in [4.69, 9.17) is 16.3 Å². The zero-order chi connectivity index (χ0) is 27.1. The normalized spacial score (nSPS) is 29.8. The molecular weight excluding hydrogens is 518 g/mol. The van der Waals surface area contributed by atoms with Gasteiger partial charge >= 0.3 is 0 Å². The number of anilines is 1. The number of ether oxygens (including phenoxy) is 1. The smallest absolute Gasteiger partial charge is 0.253 e. The Hall–Kier alpha value is -3.46. The molecule has 0 aromatic heterocycles. The zero-order valence-corrected chi connectivity index (χ0v) is 22.1. The van der Waals surface area contributed by atoms with Gasteiger partial charge in [-0.05, 0) is 36.2 Å². The highest BCUT2D eigenvalue weighted by atomic mass is 35.5. The summed E-state index contributed by atoms with van der Waals surface area (Å²) < 4.78 is 6.65. The number of hydrogen-bond donors (Lipinski definition) is 1. The van der Waals surface area contributed by atoms with Crippen LogP contribution in [0.4, 0.5) is 5.69 Å². The molecule has 0 radical (unpaired) electrons. The second kappa shape index (κ2) is 10.3. The standard InChI is InChI=1S/C30H30ClN3O5/c31-21-10-12-22(13-11-21)33-16-5-14-30-25(28(37)34(17-6-18-35)26(30)29(33)38)24-23(39-30)9-4-15-32(27(24)36)19-20-7-2-1-3-8-20/h1-5,7-14,23-26,35H,6,15-19H2/t23-,24+,25+,26?,30+/m1/s1. The van der Waals surface area contributed by atoms with Gasteiger partial charge in [0.25, 0.3) is 5.91 Å². The van der Waals surface area contributed by atoms with Gasteiger partial charge in [-0.1, -0.05) is 66.2 Å². The second-order valence-corrected chi connectivity index (χ2v) is 10.8. The van der Waals surface area contributed by atoms with Gasteiger partial charge in [0, 0.05) is 43.5 Å². The molecule has 0 saturated carbocycles. The Morgan fingerprint density at radius 2 is 1.72 bits per heavy atom. The zero-order valence-electron chi connectivity index (χ0n) is 21.4. The molecule has 1 N–H and O–H groups in total. The van der Waals surface area contributed by atoms with Crippen molar-refractivity contribution in [2.24, 2.45) is 11.8 Å². The Kier molecular flexibility index (Phi) is 6.79. The predicted octanol–water partition coefficient (Wildman–Crippen LogP) is 2.80. The van der Waals surface area contributed by atoms with Crippen LogP contribution in [0.25, 0.3) is 0 Å². The molecule has 0 bridgehead atoms. The fourth-order valence-corrected chi connectivity index (χ4v) is 6.59. The molecular formula is C30H30ClN3O5. The van der Waals surface area contributed by atoms with Crippen molar-refractivity contribution in [3.63, 3.8) is 0 Å². The fraction of sp³-hybridized carbons (Fsp3) is 0.367. The van der Waals surface area contributed by atoms with Gasteiger partial charge in [0.1, 0.15) is 11.6 Å². The van der Waals surface area contributed by atoms with Crippen LogP contribution < -0.4 is 4.90 Å². The van der Waals surface area contributed by atoms with E-state index in [1.165, 1.54) is 4.90 Å². The number of carbonyl (C=O) groups excluding carboxylic acids is 3. The van der Waals surface area contributed by atoms with E-state index in [-0.39, 0.29) is 37.4 Å². The largest absolute Gasteiger partial charge is 0.396 e. The molecule has 4 heterocycles. The number of amides is 3. The molecule has 2 fully saturated rings. The van der Waals surface area contributed by atoms with Gasteiger partial charge in [-0.15, -0.1) is 0 Å². The molecule has 4 aliphatic rings. The lowest BCUT2D eigenvalue weighted by atomic mass is 9.77. The molecule has 3 amide bonds. The van der Waals surface area contributed by atoms with Crippen LogP contribution in [0.3, 0.4) is 0 Å². The minimum absolute atomic E-state index is 0.126. The number of hydrogen-bond acceptors (Lipinski definition) is 5. The molecule has 4 aliphatic heterocycles. The molecule has 202 valence electrons. The average molecular weight is 548 g/mol. The van der Waals surface area contributed by atoms with Crippen molar-refractivity contribution in [3.8, 4) is 0 Å². The summed E-state index contributed by atoms with van der Waals surface area (Å²) in [4.78, 5) is 47.3. The minimum atomic E-state index is -1.30. The summed E-state index contributed by atoms with van der Waals surface area (Å²) in [5, 5.41) is 10.1. The molecule has 1 unspecified atom stereocenters. The molecule has 1 spiro atoms. The van der Waals surface area contributed by atoms with E-state index in [1.807, 2.05) is 54.6 Å². The van der Waals surface area contributed by atoms with Crippen LogP contribution in [-0.2, 0) is 25.7 Å². The van der Waals surface area contributed by atoms with Crippen molar-refractivity contribution in [2.45, 2.75) is 30.7 Å². The quantitative estimate of drug-likeness (QED) is 0.562. The van der Waals surface area contributed by atoms with Crippen LogP contribution in [0.2, 0.25) is 5.02 Å². The number of aliphatic hydroxyl groups is 1. The van der Waals surface area contributed by atoms with Crippen LogP contribution in [0.1, 0.15) is 12.0 Å². The lowest BCUT2D eigenvalue weighted by Gasteiger charge is -2.35. The molecule has 9 heteroatoms. The molecule has 0 aliphatic carbocycles. The third kappa shape index (κ3) is 4.27. The molecule has 6 rings (SSSR count). The van der Waals surface area contributed by atoms with Crippen molar-refractivity contribution in [3.05, 3.63) is 89.5 Å². The summed E-state index contributed by atoms with van der Waals surface area (Å²) in [6, 6.07) is 15.7. The number of benzene rings is 2. The summed E-state index contributed by atoms with van der Waals surface area (Å²) in [5.41, 5.74) is 0.353. The predicted molar refractivity (Wildman–Crippen MR) is 146 cm³/mol. The van der Waals surface area contributed by atoms with Gasteiger partial charge in [0.05, 0.1) is 17.9 Å². The van der Waals surface area contributed by atoms with Gasteiger partial charge in [-0.25, -0.2) is 0 Å². The Bertz CT molecular complexity index is 1330. The number of carbonyl (C=O) groups is 3. The number of likely N-dealkylation sites (tertiary alicyclic amines) is 1. The highest BCUT2D eigenvalue weighted by Gasteiger charge is 2.71. The first-order valence-corrected chi connectivity index (χ1v) is 13.7. The summed E-state index contributed by atoms with van der Waals surface area (Å²) >= 11 is 6.08. The highest BCUT2D eigenvalue weighted by molar-refractivity contribution is 6.30. The fourth-order valence-electron chi connectivity index (χ4n) is 6.47. The molecule has 5 atom stereocenters. The average Bonchev–Trinajstić information content (AvgIpc) is 3.26. The highest BCUT2D eigenvalue weighted by Crippen LogP contribution is 2.53. The molecule has 39 heavy (non-hydrogen) atoms. The minimum Gasteiger partial charge on any atom is -0.396 e. The first kappa shape index (κ1) is 25.8. The van der Waals surface area contributed by atoms with Crippen molar-refractivity contribution in [2.75, 3.05) is 31.1 Å². The van der Waals surface area contributed by atoms with Gasteiger partial charge < -0.3 is 24.5 Å². The van der Waals surface area contributed by atoms with E-state index < -0.39 is 29.6 Å². The van der Waals surface area contributed by atoms with Crippen molar-refractivity contribution < 1.29 is 24.2 Å². The maximum Gasteiger partial charge on any atom is 0.253 e. The lowest BCUT2D eigenvalue weighted by Crippen LogP contribution is -2.55. The number of nitrogens with zero attached hydrogens (tertiary/aromatic N) is 3. The van der Waals surface area contributed by atoms with E-state index >= 15 is 0 Å². The van der Waals surface area contributed by atoms with Crippen LogP contribution in [0.15, 0.2) is 78.9 Å². The monoisotopic (exact) mass is 547 g/mol. The molecule has 8 nitrogen and oxygen atoms in total. The topological polar surface area (TPSA) is 90.4 Å². The Labute approximate surface area is 232 Å². The van der Waals surface area contributed by atoms with E-state index in [0.717, 1.165) is 5.56 Å². The third-order valence-electron chi connectivity index (χ3n) is 8.15. The second-order valence-electron chi connectivity index (χ2n) is 10.4. The number of aliphatic hydroxyl groups excluding tert-OH is 1. The van der Waals surface area contributed by atoms with Crippen LogP contribution in [0.5, 0.6) is 0 Å². The van der Waals surface area contributed by atoms with Gasteiger partial charge in [0.2, 0.25) is 11.8 Å². The number of halogens is 1.